The van der Waals surface area contributed by atoms with Crippen molar-refractivity contribution < 1.29 is 19.1 Å². The highest BCUT2D eigenvalue weighted by Crippen LogP contribution is 2.16. The topological polar surface area (TPSA) is 63.7 Å². The molecule has 1 aromatic rings. The largest absolute Gasteiger partial charge is 0.467 e. The zero-order valence-corrected chi connectivity index (χ0v) is 10.7. The number of amides is 1. The fourth-order valence-corrected chi connectivity index (χ4v) is 2.18. The number of carbonyl (C=O) groups excluding carboxylic acids is 3. The first-order chi connectivity index (χ1) is 9.11. The van der Waals surface area contributed by atoms with Crippen LogP contribution in [0.15, 0.2) is 30.3 Å². The number of benzene rings is 1. The number of carbonyl (C=O) groups is 3. The molecule has 1 fully saturated rings. The molecule has 1 aromatic carbocycles. The third-order valence-electron chi connectivity index (χ3n) is 3.14. The lowest BCUT2D eigenvalue weighted by Crippen LogP contribution is -2.44. The van der Waals surface area contributed by atoms with Gasteiger partial charge in [0.15, 0.2) is 5.78 Å². The number of ether oxygens (including phenoxy) is 1. The summed E-state index contributed by atoms with van der Waals surface area (Å²) in [6.07, 6.45) is 0.231. The zero-order valence-electron chi connectivity index (χ0n) is 10.7. The van der Waals surface area contributed by atoms with E-state index in [9.17, 15) is 14.4 Å². The highest BCUT2D eigenvalue weighted by atomic mass is 16.5. The van der Waals surface area contributed by atoms with Crippen molar-refractivity contribution in [3.63, 3.8) is 0 Å². The molecule has 0 N–H and O–H groups in total. The van der Waals surface area contributed by atoms with Crippen molar-refractivity contribution in [3.8, 4) is 0 Å². The summed E-state index contributed by atoms with van der Waals surface area (Å²) in [6.45, 7) is -0.00850. The van der Waals surface area contributed by atoms with E-state index in [-0.39, 0.29) is 24.7 Å². The Balaban J connectivity index is 2.19. The molecule has 1 heterocycles. The van der Waals surface area contributed by atoms with E-state index in [1.807, 2.05) is 30.3 Å². The summed E-state index contributed by atoms with van der Waals surface area (Å²) in [7, 11) is 1.28. The van der Waals surface area contributed by atoms with Gasteiger partial charge in [-0.1, -0.05) is 30.3 Å². The summed E-state index contributed by atoms with van der Waals surface area (Å²) in [5, 5.41) is 0. The van der Waals surface area contributed by atoms with Crippen LogP contribution in [0.2, 0.25) is 0 Å². The van der Waals surface area contributed by atoms with Crippen molar-refractivity contribution in [3.05, 3.63) is 35.9 Å². The normalized spacial score (nSPS) is 16.6. The van der Waals surface area contributed by atoms with E-state index in [4.69, 9.17) is 4.74 Å². The fraction of sp³-hybridized carbons (Fsp3) is 0.357. The molecule has 0 aromatic heterocycles. The molecule has 1 aliphatic rings. The predicted molar refractivity (Wildman–Crippen MR) is 67.3 cm³/mol. The van der Waals surface area contributed by atoms with Gasteiger partial charge in [-0.15, -0.1) is 0 Å². The second-order valence-electron chi connectivity index (χ2n) is 4.47. The number of hydrogen-bond acceptors (Lipinski definition) is 4. The average molecular weight is 261 g/mol. The number of rotatable bonds is 4. The van der Waals surface area contributed by atoms with Crippen molar-refractivity contribution in [2.24, 2.45) is 0 Å². The Hall–Kier alpha value is -2.17. The summed E-state index contributed by atoms with van der Waals surface area (Å²) >= 11 is 0. The fourth-order valence-electron chi connectivity index (χ4n) is 2.18. The third kappa shape index (κ3) is 2.99. The maximum Gasteiger partial charge on any atom is 0.328 e. The second kappa shape index (κ2) is 5.65. The molecular formula is C14H15NO4. The SMILES string of the molecule is COC(=O)[C@@H](Cc1ccccc1)N1CC(=O)CC1=O. The van der Waals surface area contributed by atoms with Gasteiger partial charge < -0.3 is 9.64 Å². The van der Waals surface area contributed by atoms with E-state index < -0.39 is 12.0 Å². The number of methoxy groups -OCH3 is 1. The summed E-state index contributed by atoms with van der Waals surface area (Å²) in [5.41, 5.74) is 0.921. The number of likely N-dealkylation sites (tertiary alicyclic amines) is 1. The van der Waals surface area contributed by atoms with Gasteiger partial charge in [0, 0.05) is 6.42 Å². The number of Topliss-reactive ketones (excluding diaryl/α,β-unsaturated/α-hetero) is 1. The Morgan fingerprint density at radius 1 is 1.32 bits per heavy atom. The van der Waals surface area contributed by atoms with E-state index in [2.05, 4.69) is 0 Å². The monoisotopic (exact) mass is 261 g/mol. The van der Waals surface area contributed by atoms with Gasteiger partial charge in [0.25, 0.3) is 0 Å². The lowest BCUT2D eigenvalue weighted by atomic mass is 10.0. The first-order valence-corrected chi connectivity index (χ1v) is 6.04. The third-order valence-corrected chi connectivity index (χ3v) is 3.14. The van der Waals surface area contributed by atoms with Gasteiger partial charge in [-0.05, 0) is 5.56 Å². The van der Waals surface area contributed by atoms with E-state index in [0.29, 0.717) is 6.42 Å². The molecular weight excluding hydrogens is 246 g/mol. The Bertz CT molecular complexity index is 497. The van der Waals surface area contributed by atoms with E-state index in [1.165, 1.54) is 12.0 Å². The van der Waals surface area contributed by atoms with Crippen molar-refractivity contribution in [2.75, 3.05) is 13.7 Å². The van der Waals surface area contributed by atoms with Gasteiger partial charge >= 0.3 is 5.97 Å². The molecule has 0 aliphatic carbocycles. The van der Waals surface area contributed by atoms with Crippen molar-refractivity contribution in [2.45, 2.75) is 18.9 Å². The molecule has 0 bridgehead atoms. The first kappa shape index (κ1) is 13.3. The van der Waals surface area contributed by atoms with Crippen molar-refractivity contribution >= 4 is 17.7 Å². The molecule has 0 saturated carbocycles. The second-order valence-corrected chi connectivity index (χ2v) is 4.47. The molecule has 2 rings (SSSR count). The lowest BCUT2D eigenvalue weighted by molar-refractivity contribution is -0.151. The maximum atomic E-state index is 11.8. The van der Waals surface area contributed by atoms with Gasteiger partial charge in [-0.25, -0.2) is 4.79 Å². The summed E-state index contributed by atoms with van der Waals surface area (Å²) in [5.74, 6) is -0.963. The van der Waals surface area contributed by atoms with Gasteiger partial charge in [-0.3, -0.25) is 9.59 Å². The molecule has 5 heteroatoms. The lowest BCUT2D eigenvalue weighted by Gasteiger charge is -2.24. The first-order valence-electron chi connectivity index (χ1n) is 6.04. The van der Waals surface area contributed by atoms with Gasteiger partial charge in [0.05, 0.1) is 20.1 Å². The minimum atomic E-state index is -0.730. The number of esters is 1. The molecule has 0 spiro atoms. The van der Waals surface area contributed by atoms with Crippen LogP contribution < -0.4 is 0 Å². The molecule has 100 valence electrons. The number of nitrogens with zero attached hydrogens (tertiary/aromatic N) is 1. The number of hydrogen-bond donors (Lipinski definition) is 0. The molecule has 1 saturated heterocycles. The standard InChI is InChI=1S/C14H15NO4/c1-19-14(18)12(7-10-5-3-2-4-6-10)15-9-11(16)8-13(15)17/h2-6,12H,7-9H2,1H3/t12-/m1/s1. The highest BCUT2D eigenvalue weighted by molar-refractivity contribution is 6.06. The predicted octanol–water partition coefficient (Wildman–Crippen LogP) is 0.572. The maximum absolute atomic E-state index is 11.8. The van der Waals surface area contributed by atoms with Crippen LogP contribution in [-0.2, 0) is 25.5 Å². The summed E-state index contributed by atoms with van der Waals surface area (Å²) in [6, 6.07) is 8.62. The molecule has 1 amide bonds. The van der Waals surface area contributed by atoms with E-state index >= 15 is 0 Å². The molecule has 5 nitrogen and oxygen atoms in total. The molecule has 1 atom stereocenters. The van der Waals surface area contributed by atoms with Gasteiger partial charge in [-0.2, -0.15) is 0 Å². The minimum Gasteiger partial charge on any atom is -0.467 e. The smallest absolute Gasteiger partial charge is 0.328 e. The van der Waals surface area contributed by atoms with Crippen LogP contribution in [0, 0.1) is 0 Å². The summed E-state index contributed by atoms with van der Waals surface area (Å²) in [4.78, 5) is 36.2. The zero-order chi connectivity index (χ0) is 13.8. The van der Waals surface area contributed by atoms with Crippen LogP contribution in [-0.4, -0.2) is 42.3 Å². The van der Waals surface area contributed by atoms with Crippen molar-refractivity contribution in [1.82, 2.24) is 4.90 Å². The van der Waals surface area contributed by atoms with E-state index in [0.717, 1.165) is 5.56 Å². The molecule has 1 aliphatic heterocycles. The Kier molecular flexibility index (Phi) is 3.94. The van der Waals surface area contributed by atoms with Gasteiger partial charge in [0.1, 0.15) is 6.04 Å². The molecule has 19 heavy (non-hydrogen) atoms. The van der Waals surface area contributed by atoms with Crippen molar-refractivity contribution in [1.29, 1.82) is 0 Å². The molecule has 0 unspecified atom stereocenters. The average Bonchev–Trinajstić information content (AvgIpc) is 2.75. The van der Waals surface area contributed by atoms with E-state index in [1.54, 1.807) is 0 Å². The minimum absolute atomic E-state index is 0.00850. The quantitative estimate of drug-likeness (QED) is 0.587. The Morgan fingerprint density at radius 2 is 2.00 bits per heavy atom. The Morgan fingerprint density at radius 3 is 2.53 bits per heavy atom. The van der Waals surface area contributed by atoms with Crippen LogP contribution in [0.1, 0.15) is 12.0 Å². The summed E-state index contributed by atoms with van der Waals surface area (Å²) < 4.78 is 4.74. The van der Waals surface area contributed by atoms with Crippen LogP contribution in [0.3, 0.4) is 0 Å². The highest BCUT2D eigenvalue weighted by Gasteiger charge is 2.37. The van der Waals surface area contributed by atoms with Crippen LogP contribution in [0.4, 0.5) is 0 Å². The van der Waals surface area contributed by atoms with Crippen LogP contribution in [0.5, 0.6) is 0 Å². The van der Waals surface area contributed by atoms with Crippen LogP contribution >= 0.6 is 0 Å². The van der Waals surface area contributed by atoms with Crippen LogP contribution in [0.25, 0.3) is 0 Å². The number of ketones is 1. The molecule has 0 radical (unpaired) electrons. The Labute approximate surface area is 111 Å². The van der Waals surface area contributed by atoms with Gasteiger partial charge in [0.2, 0.25) is 5.91 Å².